The number of hydrogen-bond donors (Lipinski definition) is 5. The second-order valence-electron chi connectivity index (χ2n) is 9.58. The van der Waals surface area contributed by atoms with E-state index in [1.54, 1.807) is 62.8 Å². The van der Waals surface area contributed by atoms with E-state index in [0.717, 1.165) is 10.9 Å². The molecule has 5 N–H and O–H groups in total. The van der Waals surface area contributed by atoms with Crippen LogP contribution >= 0.6 is 0 Å². The monoisotopic (exact) mass is 567 g/mol. The molecule has 0 spiro atoms. The Labute approximate surface area is 232 Å². The van der Waals surface area contributed by atoms with Gasteiger partial charge in [-0.25, -0.2) is 13.4 Å². The van der Waals surface area contributed by atoms with Crippen molar-refractivity contribution >= 4 is 38.8 Å². The molecule has 40 heavy (non-hydrogen) atoms. The molecule has 1 amide bonds. The summed E-state index contributed by atoms with van der Waals surface area (Å²) in [4.78, 5) is 33.4. The Morgan fingerprint density at radius 1 is 1.10 bits per heavy atom. The molecule has 212 valence electrons. The zero-order valence-electron chi connectivity index (χ0n) is 22.7. The summed E-state index contributed by atoms with van der Waals surface area (Å²) in [5.41, 5.74) is 2.98. The number of carbonyl (C=O) groups is 2. The molecule has 0 aliphatic heterocycles. The lowest BCUT2D eigenvalue weighted by Gasteiger charge is -2.24. The minimum atomic E-state index is -4.17. The van der Waals surface area contributed by atoms with E-state index < -0.39 is 34.2 Å². The van der Waals surface area contributed by atoms with Crippen LogP contribution in [0.2, 0.25) is 0 Å². The third-order valence-corrected chi connectivity index (χ3v) is 8.01. The predicted octanol–water partition coefficient (Wildman–Crippen LogP) is 3.07. The molecule has 0 fully saturated rings. The van der Waals surface area contributed by atoms with Crippen molar-refractivity contribution in [3.8, 4) is 0 Å². The molecule has 4 aromatic rings. The summed E-state index contributed by atoms with van der Waals surface area (Å²) in [5.74, 6) is -0.945. The van der Waals surface area contributed by atoms with Crippen LogP contribution in [0.25, 0.3) is 10.9 Å². The number of anilines is 1. The van der Waals surface area contributed by atoms with E-state index in [0.29, 0.717) is 41.0 Å². The quantitative estimate of drug-likeness (QED) is 0.128. The third-order valence-electron chi connectivity index (χ3n) is 6.23. The van der Waals surface area contributed by atoms with Crippen molar-refractivity contribution < 1.29 is 22.7 Å². The molecular formula is C27H33N7O5S. The molecule has 0 aliphatic rings. The van der Waals surface area contributed by atoms with Gasteiger partial charge in [0, 0.05) is 36.3 Å². The van der Waals surface area contributed by atoms with E-state index in [1.807, 2.05) is 13.8 Å². The van der Waals surface area contributed by atoms with Gasteiger partial charge in [-0.3, -0.25) is 14.7 Å². The molecule has 2 aromatic carbocycles. The number of carbonyl (C=O) groups excluding carboxylic acids is 2. The molecule has 0 radical (unpaired) electrons. The predicted molar refractivity (Wildman–Crippen MR) is 150 cm³/mol. The maximum absolute atomic E-state index is 13.5. The number of hydrogen-bond acceptors (Lipinski definition) is 8. The van der Waals surface area contributed by atoms with Crippen LogP contribution in [0.4, 0.5) is 5.95 Å². The Morgan fingerprint density at radius 2 is 1.85 bits per heavy atom. The van der Waals surface area contributed by atoms with E-state index in [4.69, 9.17) is 4.74 Å². The number of aryl methyl sites for hydroxylation is 3. The van der Waals surface area contributed by atoms with Crippen LogP contribution in [-0.2, 0) is 19.6 Å². The largest absolute Gasteiger partial charge is 0.440 e. The van der Waals surface area contributed by atoms with Gasteiger partial charge in [0.2, 0.25) is 16.0 Å². The Bertz CT molecular complexity index is 1580. The number of sulfonamides is 1. The average Bonchev–Trinajstić information content (AvgIpc) is 3.57. The number of H-pyrrole nitrogens is 2. The summed E-state index contributed by atoms with van der Waals surface area (Å²) in [5, 5.41) is 13.2. The fourth-order valence-corrected chi connectivity index (χ4v) is 6.16. The number of aromatic nitrogens is 4. The van der Waals surface area contributed by atoms with Crippen molar-refractivity contribution in [1.29, 1.82) is 0 Å². The van der Waals surface area contributed by atoms with Gasteiger partial charge < -0.3 is 20.4 Å². The number of imidazole rings is 1. The lowest BCUT2D eigenvalue weighted by molar-refractivity contribution is -0.149. The van der Waals surface area contributed by atoms with Crippen LogP contribution in [0.5, 0.6) is 0 Å². The number of nitrogens with one attached hydrogen (secondary N) is 5. The van der Waals surface area contributed by atoms with E-state index in [2.05, 4.69) is 35.5 Å². The van der Waals surface area contributed by atoms with Gasteiger partial charge in [0.1, 0.15) is 6.04 Å². The second-order valence-corrected chi connectivity index (χ2v) is 11.2. The van der Waals surface area contributed by atoms with Crippen molar-refractivity contribution in [1.82, 2.24) is 30.2 Å². The summed E-state index contributed by atoms with van der Waals surface area (Å²) in [7, 11) is -4.17. The van der Waals surface area contributed by atoms with Crippen LogP contribution in [0, 0.1) is 20.8 Å². The van der Waals surface area contributed by atoms with E-state index >= 15 is 0 Å². The number of amides is 1. The summed E-state index contributed by atoms with van der Waals surface area (Å²) in [6.45, 7) is 6.84. The number of esters is 1. The number of ether oxygens (including phenoxy) is 1. The first-order valence-corrected chi connectivity index (χ1v) is 14.3. The molecule has 2 atom stereocenters. The summed E-state index contributed by atoms with van der Waals surface area (Å²) >= 11 is 0. The lowest BCUT2D eigenvalue weighted by atomic mass is 10.1. The molecule has 4 rings (SSSR count). The lowest BCUT2D eigenvalue weighted by Crippen LogP contribution is -2.50. The topological polar surface area (TPSA) is 171 Å². The van der Waals surface area contributed by atoms with Gasteiger partial charge in [-0.2, -0.15) is 9.82 Å². The first-order chi connectivity index (χ1) is 19.1. The number of nitrogens with zero attached hydrogens (tertiary/aromatic N) is 2. The molecule has 2 unspecified atom stereocenters. The molecular weight excluding hydrogens is 534 g/mol. The third kappa shape index (κ3) is 6.85. The SMILES string of the molecule is CCCC(Nc1ncc[nH]1)OC(=O)C(CNC(=O)c1ccc2cn[nH]c2c1)NS(=O)(=O)c1c(C)cc(C)cc1C. The molecule has 0 saturated carbocycles. The van der Waals surface area contributed by atoms with E-state index in [9.17, 15) is 18.0 Å². The highest BCUT2D eigenvalue weighted by molar-refractivity contribution is 7.89. The van der Waals surface area contributed by atoms with Crippen molar-refractivity contribution in [2.45, 2.75) is 57.7 Å². The maximum Gasteiger partial charge on any atom is 0.327 e. The van der Waals surface area contributed by atoms with Crippen LogP contribution in [0.3, 0.4) is 0 Å². The van der Waals surface area contributed by atoms with E-state index in [-0.39, 0.29) is 11.4 Å². The Balaban J connectivity index is 1.57. The molecule has 0 saturated heterocycles. The van der Waals surface area contributed by atoms with Crippen molar-refractivity contribution in [2.24, 2.45) is 0 Å². The van der Waals surface area contributed by atoms with Gasteiger partial charge >= 0.3 is 5.97 Å². The first kappa shape index (κ1) is 28.8. The van der Waals surface area contributed by atoms with Crippen LogP contribution in [0.15, 0.2) is 53.8 Å². The molecule has 0 bridgehead atoms. The molecule has 13 heteroatoms. The standard InChI is InChI=1S/C27H33N7O5S/c1-5-6-23(32-27-28-9-10-29-27)39-26(36)22(34-40(37,38)24-17(3)11-16(2)12-18(24)4)15-30-25(35)19-7-8-20-14-31-33-21(20)13-19/h7-14,22-23,34H,5-6,15H2,1-4H3,(H,30,35)(H,31,33)(H2,28,29,32). The van der Waals surface area contributed by atoms with E-state index in [1.165, 1.54) is 0 Å². The summed E-state index contributed by atoms with van der Waals surface area (Å²) < 4.78 is 35.2. The highest BCUT2D eigenvalue weighted by Gasteiger charge is 2.31. The van der Waals surface area contributed by atoms with Crippen molar-refractivity contribution in [3.05, 3.63) is 71.2 Å². The fraction of sp³-hybridized carbons (Fsp3) is 0.333. The van der Waals surface area contributed by atoms with Crippen molar-refractivity contribution in [2.75, 3.05) is 11.9 Å². The van der Waals surface area contributed by atoms with Gasteiger partial charge in [-0.05, 0) is 44.0 Å². The van der Waals surface area contributed by atoms with Crippen LogP contribution in [-0.4, -0.2) is 59.3 Å². The first-order valence-electron chi connectivity index (χ1n) is 12.8. The number of rotatable bonds is 12. The van der Waals surface area contributed by atoms with Crippen LogP contribution in [0.1, 0.15) is 46.8 Å². The van der Waals surface area contributed by atoms with Crippen molar-refractivity contribution in [3.63, 3.8) is 0 Å². The Hall–Kier alpha value is -4.23. The number of aromatic amines is 2. The van der Waals surface area contributed by atoms with Gasteiger partial charge in [0.25, 0.3) is 5.91 Å². The van der Waals surface area contributed by atoms with Gasteiger partial charge in [-0.1, -0.05) is 37.1 Å². The second kappa shape index (κ2) is 12.3. The molecule has 0 aliphatic carbocycles. The number of benzene rings is 2. The normalized spacial score (nSPS) is 13.1. The van der Waals surface area contributed by atoms with Gasteiger partial charge in [-0.15, -0.1) is 0 Å². The molecule has 2 aromatic heterocycles. The van der Waals surface area contributed by atoms with Crippen LogP contribution < -0.4 is 15.4 Å². The minimum absolute atomic E-state index is 0.0748. The summed E-state index contributed by atoms with van der Waals surface area (Å²) in [6.07, 6.45) is 5.14. The zero-order chi connectivity index (χ0) is 28.9. The minimum Gasteiger partial charge on any atom is -0.440 e. The smallest absolute Gasteiger partial charge is 0.327 e. The average molecular weight is 568 g/mol. The van der Waals surface area contributed by atoms with Gasteiger partial charge in [0.15, 0.2) is 6.23 Å². The Kier molecular flexibility index (Phi) is 8.85. The Morgan fingerprint density at radius 3 is 2.52 bits per heavy atom. The molecule has 12 nitrogen and oxygen atoms in total. The van der Waals surface area contributed by atoms with Gasteiger partial charge in [0.05, 0.1) is 16.6 Å². The summed E-state index contributed by atoms with van der Waals surface area (Å²) in [6, 6.07) is 7.08. The highest BCUT2D eigenvalue weighted by Crippen LogP contribution is 2.22. The highest BCUT2D eigenvalue weighted by atomic mass is 32.2. The zero-order valence-corrected chi connectivity index (χ0v) is 23.6. The molecule has 2 heterocycles. The number of fused-ring (bicyclic) bond motifs is 1. The fourth-order valence-electron chi connectivity index (χ4n) is 4.53. The maximum atomic E-state index is 13.5.